The highest BCUT2D eigenvalue weighted by atomic mass is 79.9. The second-order valence-electron chi connectivity index (χ2n) is 4.60. The fraction of sp³-hybridized carbons (Fsp3) is 0. The number of anilines is 1. The lowest BCUT2D eigenvalue weighted by atomic mass is 10.2. The molecule has 0 aliphatic heterocycles. The molecule has 0 fully saturated rings. The van der Waals surface area contributed by atoms with Gasteiger partial charge >= 0.3 is 6.01 Å². The van der Waals surface area contributed by atoms with Gasteiger partial charge in [0.15, 0.2) is 0 Å². The molecule has 3 rings (SSSR count). The van der Waals surface area contributed by atoms with Gasteiger partial charge in [0.25, 0.3) is 5.91 Å². The molecule has 1 aromatic heterocycles. The Morgan fingerprint density at radius 1 is 0.957 bits per heavy atom. The summed E-state index contributed by atoms with van der Waals surface area (Å²) in [6.45, 7) is 0. The topological polar surface area (TPSA) is 64.1 Å². The van der Waals surface area contributed by atoms with Crippen LogP contribution in [-0.4, -0.2) is 15.9 Å². The predicted octanol–water partition coefficient (Wildman–Crippen LogP) is 4.28. The first kappa shape index (κ1) is 15.2. The Morgan fingerprint density at radius 3 is 2.30 bits per heavy atom. The van der Waals surface area contributed by atoms with E-state index in [0.29, 0.717) is 17.0 Å². The zero-order valence-corrected chi connectivity index (χ0v) is 13.5. The Labute approximate surface area is 141 Å². The highest BCUT2D eigenvalue weighted by Gasteiger charge is 2.10. The van der Waals surface area contributed by atoms with Crippen molar-refractivity contribution >= 4 is 27.5 Å². The molecule has 1 amide bonds. The predicted molar refractivity (Wildman–Crippen MR) is 90.6 cm³/mol. The summed E-state index contributed by atoms with van der Waals surface area (Å²) in [6, 6.07) is 16.6. The smallest absolute Gasteiger partial charge is 0.322 e. The molecule has 0 unspecified atom stereocenters. The van der Waals surface area contributed by atoms with Gasteiger partial charge in [0.1, 0.15) is 5.75 Å². The molecule has 0 aliphatic carbocycles. The van der Waals surface area contributed by atoms with Crippen molar-refractivity contribution in [2.24, 2.45) is 0 Å². The maximum absolute atomic E-state index is 12.2. The molecule has 0 spiro atoms. The molecule has 0 bridgehead atoms. The number of benzene rings is 2. The van der Waals surface area contributed by atoms with Crippen LogP contribution in [0, 0.1) is 0 Å². The van der Waals surface area contributed by atoms with Gasteiger partial charge < -0.3 is 10.1 Å². The second-order valence-corrected chi connectivity index (χ2v) is 5.46. The quantitative estimate of drug-likeness (QED) is 0.745. The van der Waals surface area contributed by atoms with E-state index >= 15 is 0 Å². The molecule has 0 saturated heterocycles. The molecule has 0 atom stereocenters. The molecule has 0 radical (unpaired) electrons. The van der Waals surface area contributed by atoms with Gasteiger partial charge in [-0.2, -0.15) is 0 Å². The summed E-state index contributed by atoms with van der Waals surface area (Å²) in [5, 5.41) is 2.74. The van der Waals surface area contributed by atoms with E-state index in [2.05, 4.69) is 31.2 Å². The van der Waals surface area contributed by atoms with Gasteiger partial charge in [-0.05, 0) is 40.2 Å². The monoisotopic (exact) mass is 369 g/mol. The molecular weight excluding hydrogens is 358 g/mol. The van der Waals surface area contributed by atoms with E-state index in [0.717, 1.165) is 4.47 Å². The summed E-state index contributed by atoms with van der Waals surface area (Å²) >= 11 is 3.35. The standard InChI is InChI=1S/C17H12BrN3O2/c18-15-9-5-4-8-14(15)16(22)21-12-10-19-17(20-11-12)23-13-6-2-1-3-7-13/h1-11H,(H,21,22). The van der Waals surface area contributed by atoms with Gasteiger partial charge in [0.05, 0.1) is 23.6 Å². The minimum atomic E-state index is -0.238. The number of rotatable bonds is 4. The molecule has 3 aromatic rings. The zero-order chi connectivity index (χ0) is 16.1. The van der Waals surface area contributed by atoms with Crippen LogP contribution in [0.4, 0.5) is 5.69 Å². The van der Waals surface area contributed by atoms with E-state index in [9.17, 15) is 4.79 Å². The fourth-order valence-electron chi connectivity index (χ4n) is 1.87. The molecule has 1 N–H and O–H groups in total. The molecule has 0 aliphatic rings. The lowest BCUT2D eigenvalue weighted by Crippen LogP contribution is -2.12. The molecule has 114 valence electrons. The number of nitrogens with zero attached hydrogens (tertiary/aromatic N) is 2. The maximum Gasteiger partial charge on any atom is 0.322 e. The number of aromatic nitrogens is 2. The average Bonchev–Trinajstić information content (AvgIpc) is 2.58. The first-order valence-electron chi connectivity index (χ1n) is 6.83. The zero-order valence-electron chi connectivity index (χ0n) is 11.9. The number of amides is 1. The number of carbonyl (C=O) groups excluding carboxylic acids is 1. The van der Waals surface area contributed by atoms with Crippen molar-refractivity contribution in [3.63, 3.8) is 0 Å². The molecule has 2 aromatic carbocycles. The molecular formula is C17H12BrN3O2. The van der Waals surface area contributed by atoms with Crippen molar-refractivity contribution in [2.75, 3.05) is 5.32 Å². The lowest BCUT2D eigenvalue weighted by Gasteiger charge is -2.07. The van der Waals surface area contributed by atoms with E-state index in [1.54, 1.807) is 12.1 Å². The van der Waals surface area contributed by atoms with E-state index in [-0.39, 0.29) is 11.9 Å². The van der Waals surface area contributed by atoms with Crippen LogP contribution in [0.25, 0.3) is 0 Å². The third kappa shape index (κ3) is 3.92. The Kier molecular flexibility index (Phi) is 4.63. The van der Waals surface area contributed by atoms with Crippen LogP contribution in [0.3, 0.4) is 0 Å². The van der Waals surface area contributed by atoms with Gasteiger partial charge in [-0.1, -0.05) is 30.3 Å². The third-order valence-electron chi connectivity index (χ3n) is 2.96. The van der Waals surface area contributed by atoms with E-state index < -0.39 is 0 Å². The van der Waals surface area contributed by atoms with Crippen LogP contribution in [0.15, 0.2) is 71.5 Å². The van der Waals surface area contributed by atoms with Crippen LogP contribution in [0.2, 0.25) is 0 Å². The molecule has 5 nitrogen and oxygen atoms in total. The summed E-state index contributed by atoms with van der Waals surface area (Å²) in [5.74, 6) is 0.412. The van der Waals surface area contributed by atoms with Gasteiger partial charge in [-0.25, -0.2) is 9.97 Å². The Bertz CT molecular complexity index is 808. The van der Waals surface area contributed by atoms with Crippen molar-refractivity contribution in [3.8, 4) is 11.8 Å². The van der Waals surface area contributed by atoms with Crippen molar-refractivity contribution in [1.29, 1.82) is 0 Å². The molecule has 1 heterocycles. The second kappa shape index (κ2) is 7.02. The molecule has 23 heavy (non-hydrogen) atoms. The summed E-state index contributed by atoms with van der Waals surface area (Å²) in [6.07, 6.45) is 3.00. The van der Waals surface area contributed by atoms with Crippen LogP contribution in [-0.2, 0) is 0 Å². The Morgan fingerprint density at radius 2 is 1.61 bits per heavy atom. The first-order chi connectivity index (χ1) is 11.2. The number of halogens is 1. The SMILES string of the molecule is O=C(Nc1cnc(Oc2ccccc2)nc1)c1ccccc1Br. The maximum atomic E-state index is 12.2. The summed E-state index contributed by atoms with van der Waals surface area (Å²) in [5.41, 5.74) is 1.03. The van der Waals surface area contributed by atoms with Crippen LogP contribution in [0.1, 0.15) is 10.4 Å². The number of hydrogen-bond acceptors (Lipinski definition) is 4. The minimum Gasteiger partial charge on any atom is -0.424 e. The van der Waals surface area contributed by atoms with Gasteiger partial charge in [0.2, 0.25) is 0 Å². The van der Waals surface area contributed by atoms with Crippen molar-refractivity contribution in [1.82, 2.24) is 9.97 Å². The Hall–Kier alpha value is -2.73. The van der Waals surface area contributed by atoms with Gasteiger partial charge in [-0.15, -0.1) is 0 Å². The van der Waals surface area contributed by atoms with E-state index in [1.165, 1.54) is 12.4 Å². The van der Waals surface area contributed by atoms with Gasteiger partial charge in [-0.3, -0.25) is 4.79 Å². The largest absolute Gasteiger partial charge is 0.424 e. The number of ether oxygens (including phenoxy) is 1. The lowest BCUT2D eigenvalue weighted by molar-refractivity contribution is 0.102. The minimum absolute atomic E-state index is 0.218. The summed E-state index contributed by atoms with van der Waals surface area (Å²) < 4.78 is 6.22. The van der Waals surface area contributed by atoms with E-state index in [1.807, 2.05) is 42.5 Å². The number of para-hydroxylation sites is 1. The van der Waals surface area contributed by atoms with Crippen molar-refractivity contribution in [2.45, 2.75) is 0 Å². The van der Waals surface area contributed by atoms with Crippen molar-refractivity contribution < 1.29 is 9.53 Å². The fourth-order valence-corrected chi connectivity index (χ4v) is 2.34. The summed E-state index contributed by atoms with van der Waals surface area (Å²) in [7, 11) is 0. The normalized spacial score (nSPS) is 10.1. The first-order valence-corrected chi connectivity index (χ1v) is 7.62. The highest BCUT2D eigenvalue weighted by molar-refractivity contribution is 9.10. The highest BCUT2D eigenvalue weighted by Crippen LogP contribution is 2.19. The van der Waals surface area contributed by atoms with Crippen LogP contribution < -0.4 is 10.1 Å². The van der Waals surface area contributed by atoms with E-state index in [4.69, 9.17) is 4.74 Å². The van der Waals surface area contributed by atoms with Crippen LogP contribution >= 0.6 is 15.9 Å². The van der Waals surface area contributed by atoms with Crippen molar-refractivity contribution in [3.05, 3.63) is 77.0 Å². The third-order valence-corrected chi connectivity index (χ3v) is 3.65. The summed E-state index contributed by atoms with van der Waals surface area (Å²) in [4.78, 5) is 20.3. The number of hydrogen-bond donors (Lipinski definition) is 1. The number of carbonyl (C=O) groups is 1. The average molecular weight is 370 g/mol. The van der Waals surface area contributed by atoms with Gasteiger partial charge in [0, 0.05) is 4.47 Å². The Balaban J connectivity index is 1.68. The number of nitrogens with one attached hydrogen (secondary N) is 1. The molecule has 0 saturated carbocycles. The van der Waals surface area contributed by atoms with Crippen LogP contribution in [0.5, 0.6) is 11.8 Å². The molecule has 6 heteroatoms.